The molecular weight excluding hydrogens is 376 g/mol. The minimum Gasteiger partial charge on any atom is -0.408 e. The van der Waals surface area contributed by atoms with Crippen molar-refractivity contribution in [3.63, 3.8) is 0 Å². The number of fused-ring (bicyclic) bond motifs is 1. The Hall–Kier alpha value is -3.60. The van der Waals surface area contributed by atoms with Crippen LogP contribution in [0.4, 0.5) is 0 Å². The molecule has 152 valence electrons. The molecule has 0 aliphatic carbocycles. The molecule has 0 radical (unpaired) electrons. The number of para-hydroxylation sites is 2. The van der Waals surface area contributed by atoms with Gasteiger partial charge >= 0.3 is 5.76 Å². The van der Waals surface area contributed by atoms with Crippen LogP contribution in [0.2, 0.25) is 0 Å². The molecule has 3 aromatic carbocycles. The predicted octanol–water partition coefficient (Wildman–Crippen LogP) is 4.70. The van der Waals surface area contributed by atoms with Crippen molar-refractivity contribution in [2.75, 3.05) is 7.05 Å². The van der Waals surface area contributed by atoms with Crippen LogP contribution in [-0.4, -0.2) is 22.4 Å². The van der Waals surface area contributed by atoms with Crippen molar-refractivity contribution in [1.29, 1.82) is 0 Å². The third kappa shape index (κ3) is 4.35. The number of carbonyl (C=O) groups is 1. The Labute approximate surface area is 175 Å². The lowest BCUT2D eigenvalue weighted by atomic mass is 10.0. The second-order valence-corrected chi connectivity index (χ2v) is 7.40. The lowest BCUT2D eigenvalue weighted by Gasteiger charge is -2.17. The van der Waals surface area contributed by atoms with Crippen LogP contribution in [0.3, 0.4) is 0 Å². The van der Waals surface area contributed by atoms with Crippen LogP contribution in [-0.2, 0) is 17.9 Å². The van der Waals surface area contributed by atoms with Gasteiger partial charge in [-0.1, -0.05) is 66.7 Å². The second-order valence-electron chi connectivity index (χ2n) is 7.40. The molecule has 1 amide bonds. The average molecular weight is 400 g/mol. The molecule has 0 fully saturated rings. The highest BCUT2D eigenvalue weighted by atomic mass is 16.4. The van der Waals surface area contributed by atoms with Gasteiger partial charge in [-0.05, 0) is 35.2 Å². The van der Waals surface area contributed by atoms with Gasteiger partial charge in [-0.15, -0.1) is 0 Å². The van der Waals surface area contributed by atoms with Crippen molar-refractivity contribution in [2.45, 2.75) is 25.9 Å². The maximum atomic E-state index is 12.5. The number of oxazole rings is 1. The summed E-state index contributed by atoms with van der Waals surface area (Å²) in [4.78, 5) is 26.3. The molecule has 4 rings (SSSR count). The van der Waals surface area contributed by atoms with Gasteiger partial charge in [-0.3, -0.25) is 9.36 Å². The average Bonchev–Trinajstić information content (AvgIpc) is 3.10. The van der Waals surface area contributed by atoms with Gasteiger partial charge in [0, 0.05) is 26.6 Å². The summed E-state index contributed by atoms with van der Waals surface area (Å²) in [6, 6.07) is 25.8. The number of nitrogens with zero attached hydrogens (tertiary/aromatic N) is 2. The molecule has 1 heterocycles. The van der Waals surface area contributed by atoms with Gasteiger partial charge < -0.3 is 9.32 Å². The van der Waals surface area contributed by atoms with E-state index in [4.69, 9.17) is 4.42 Å². The zero-order valence-corrected chi connectivity index (χ0v) is 17.0. The van der Waals surface area contributed by atoms with E-state index in [1.165, 1.54) is 5.56 Å². The van der Waals surface area contributed by atoms with Crippen molar-refractivity contribution in [3.8, 4) is 11.1 Å². The monoisotopic (exact) mass is 400 g/mol. The number of hydrogen-bond acceptors (Lipinski definition) is 3. The number of benzene rings is 3. The lowest BCUT2D eigenvalue weighted by molar-refractivity contribution is -0.130. The van der Waals surface area contributed by atoms with Crippen molar-refractivity contribution in [3.05, 3.63) is 95.0 Å². The number of rotatable bonds is 7. The third-order valence-corrected chi connectivity index (χ3v) is 5.25. The highest BCUT2D eigenvalue weighted by Gasteiger charge is 2.12. The van der Waals surface area contributed by atoms with E-state index in [0.29, 0.717) is 31.5 Å². The number of aromatic nitrogens is 1. The molecular formula is C25H24N2O3. The first-order valence-electron chi connectivity index (χ1n) is 10.1. The number of hydrogen-bond donors (Lipinski definition) is 0. The van der Waals surface area contributed by atoms with Gasteiger partial charge in [0.25, 0.3) is 0 Å². The summed E-state index contributed by atoms with van der Waals surface area (Å²) in [6.07, 6.45) is 0.962. The fourth-order valence-corrected chi connectivity index (χ4v) is 3.60. The van der Waals surface area contributed by atoms with Crippen LogP contribution < -0.4 is 5.76 Å². The van der Waals surface area contributed by atoms with Crippen LogP contribution in [0.1, 0.15) is 18.4 Å². The van der Waals surface area contributed by atoms with Gasteiger partial charge in [0.05, 0.1) is 5.52 Å². The quantitative estimate of drug-likeness (QED) is 0.452. The first-order valence-corrected chi connectivity index (χ1v) is 10.1. The van der Waals surface area contributed by atoms with Crippen LogP contribution in [0.25, 0.3) is 22.2 Å². The van der Waals surface area contributed by atoms with E-state index >= 15 is 0 Å². The van der Waals surface area contributed by atoms with Gasteiger partial charge in [-0.25, -0.2) is 4.79 Å². The van der Waals surface area contributed by atoms with Crippen LogP contribution >= 0.6 is 0 Å². The molecule has 0 unspecified atom stereocenters. The summed E-state index contributed by atoms with van der Waals surface area (Å²) < 4.78 is 6.82. The van der Waals surface area contributed by atoms with E-state index in [9.17, 15) is 9.59 Å². The third-order valence-electron chi connectivity index (χ3n) is 5.25. The summed E-state index contributed by atoms with van der Waals surface area (Å²) in [6.45, 7) is 1.02. The van der Waals surface area contributed by atoms with Crippen molar-refractivity contribution < 1.29 is 9.21 Å². The van der Waals surface area contributed by atoms with Gasteiger partial charge in [0.15, 0.2) is 5.58 Å². The highest BCUT2D eigenvalue weighted by molar-refractivity contribution is 5.76. The Morgan fingerprint density at radius 1 is 0.900 bits per heavy atom. The van der Waals surface area contributed by atoms with Gasteiger partial charge in [0.1, 0.15) is 0 Å². The van der Waals surface area contributed by atoms with Crippen molar-refractivity contribution in [1.82, 2.24) is 9.47 Å². The van der Waals surface area contributed by atoms with Crippen LogP contribution in [0.15, 0.2) is 88.1 Å². The van der Waals surface area contributed by atoms with Crippen LogP contribution in [0.5, 0.6) is 0 Å². The Morgan fingerprint density at radius 2 is 1.57 bits per heavy atom. The molecule has 0 N–H and O–H groups in total. The summed E-state index contributed by atoms with van der Waals surface area (Å²) >= 11 is 0. The van der Waals surface area contributed by atoms with Gasteiger partial charge in [0.2, 0.25) is 5.91 Å². The topological polar surface area (TPSA) is 55.5 Å². The fraction of sp³-hybridized carbons (Fsp3) is 0.200. The normalized spacial score (nSPS) is 11.0. The Morgan fingerprint density at radius 3 is 2.33 bits per heavy atom. The highest BCUT2D eigenvalue weighted by Crippen LogP contribution is 2.20. The maximum absolute atomic E-state index is 12.5. The van der Waals surface area contributed by atoms with E-state index in [2.05, 4.69) is 36.4 Å². The summed E-state index contributed by atoms with van der Waals surface area (Å²) in [7, 11) is 1.81. The minimum absolute atomic E-state index is 0.0583. The van der Waals surface area contributed by atoms with E-state index in [1.54, 1.807) is 15.5 Å². The van der Waals surface area contributed by atoms with Crippen molar-refractivity contribution in [2.24, 2.45) is 0 Å². The zero-order chi connectivity index (χ0) is 20.9. The van der Waals surface area contributed by atoms with Crippen molar-refractivity contribution >= 4 is 17.0 Å². The Balaban J connectivity index is 1.32. The molecule has 0 saturated heterocycles. The second kappa shape index (κ2) is 8.82. The Bertz CT molecular complexity index is 1190. The largest absolute Gasteiger partial charge is 0.419 e. The fourth-order valence-electron chi connectivity index (χ4n) is 3.60. The standard InChI is InChI=1S/C25H24N2O3/c1-26(18-19-13-15-21(16-14-19)20-8-3-2-4-9-20)24(28)12-7-17-27-22-10-5-6-11-23(22)30-25(27)29/h2-6,8-11,13-16H,7,12,17-18H2,1H3. The molecule has 30 heavy (non-hydrogen) atoms. The molecule has 0 aliphatic rings. The van der Waals surface area contributed by atoms with E-state index in [1.807, 2.05) is 43.4 Å². The molecule has 1 aromatic heterocycles. The molecule has 0 bridgehead atoms. The summed E-state index contributed by atoms with van der Waals surface area (Å²) in [5, 5.41) is 0. The zero-order valence-electron chi connectivity index (χ0n) is 17.0. The predicted molar refractivity (Wildman–Crippen MR) is 118 cm³/mol. The first-order chi connectivity index (χ1) is 14.6. The van der Waals surface area contributed by atoms with E-state index in [-0.39, 0.29) is 11.7 Å². The van der Waals surface area contributed by atoms with E-state index < -0.39 is 0 Å². The van der Waals surface area contributed by atoms with Crippen LogP contribution in [0, 0.1) is 0 Å². The molecule has 5 heteroatoms. The molecule has 0 atom stereocenters. The first kappa shape index (κ1) is 19.7. The van der Waals surface area contributed by atoms with Gasteiger partial charge in [-0.2, -0.15) is 0 Å². The SMILES string of the molecule is CN(Cc1ccc(-c2ccccc2)cc1)C(=O)CCCn1c(=O)oc2ccccc21. The number of carbonyl (C=O) groups excluding carboxylic acids is 1. The number of aryl methyl sites for hydroxylation is 1. The molecule has 0 spiro atoms. The molecule has 0 aliphatic heterocycles. The number of amides is 1. The van der Waals surface area contributed by atoms with E-state index in [0.717, 1.165) is 16.6 Å². The minimum atomic E-state index is -0.379. The Kier molecular flexibility index (Phi) is 5.80. The maximum Gasteiger partial charge on any atom is 0.419 e. The summed E-state index contributed by atoms with van der Waals surface area (Å²) in [5.41, 5.74) is 4.76. The summed E-state index contributed by atoms with van der Waals surface area (Å²) in [5.74, 6) is -0.321. The lowest BCUT2D eigenvalue weighted by Crippen LogP contribution is -2.26. The smallest absolute Gasteiger partial charge is 0.408 e. The molecule has 5 nitrogen and oxygen atoms in total. The molecule has 4 aromatic rings. The molecule has 0 saturated carbocycles.